The third-order valence-corrected chi connectivity index (χ3v) is 10.3. The Labute approximate surface area is 293 Å². The molecule has 4 heterocycles. The molecule has 2 N–H and O–H groups in total. The van der Waals surface area contributed by atoms with E-state index in [4.69, 9.17) is 9.47 Å². The van der Waals surface area contributed by atoms with E-state index in [0.29, 0.717) is 52.3 Å². The molecular formula is C38H34N6O5S. The monoisotopic (exact) mass is 686 g/mol. The van der Waals surface area contributed by atoms with Crippen LogP contribution in [0.15, 0.2) is 96.7 Å². The first kappa shape index (κ1) is 32.7. The van der Waals surface area contributed by atoms with Gasteiger partial charge in [0.05, 0.1) is 23.0 Å². The summed E-state index contributed by atoms with van der Waals surface area (Å²) in [5.74, 6) is 1.39. The van der Waals surface area contributed by atoms with Crippen LogP contribution in [0.5, 0.6) is 17.2 Å². The molecule has 7 rings (SSSR count). The van der Waals surface area contributed by atoms with Crippen LogP contribution in [-0.4, -0.2) is 52.1 Å². The van der Waals surface area contributed by atoms with E-state index in [-0.39, 0.29) is 30.5 Å². The van der Waals surface area contributed by atoms with E-state index in [2.05, 4.69) is 28.3 Å². The van der Waals surface area contributed by atoms with Crippen molar-refractivity contribution in [1.29, 1.82) is 5.26 Å². The molecule has 3 aromatic carbocycles. The van der Waals surface area contributed by atoms with Crippen LogP contribution in [-0.2, 0) is 16.2 Å². The molecule has 11 nitrogen and oxygen atoms in total. The van der Waals surface area contributed by atoms with Crippen LogP contribution in [0.4, 0.5) is 16.2 Å². The normalized spacial score (nSPS) is 19.1. The van der Waals surface area contributed by atoms with Crippen molar-refractivity contribution in [3.8, 4) is 23.3 Å². The zero-order valence-corrected chi connectivity index (χ0v) is 28.1. The number of carbonyl (C=O) groups is 3. The van der Waals surface area contributed by atoms with Crippen molar-refractivity contribution in [2.75, 3.05) is 18.0 Å². The minimum absolute atomic E-state index is 0.148. The first-order chi connectivity index (χ1) is 24.3. The quantitative estimate of drug-likeness (QED) is 0.196. The second-order valence-corrected chi connectivity index (χ2v) is 13.4. The van der Waals surface area contributed by atoms with Crippen LogP contribution < -0.4 is 25.0 Å². The number of nitrogens with one attached hydrogen (secondary N) is 2. The Morgan fingerprint density at radius 3 is 2.78 bits per heavy atom. The Kier molecular flexibility index (Phi) is 9.15. The summed E-state index contributed by atoms with van der Waals surface area (Å²) in [5, 5.41) is 15.6. The number of ether oxygens (including phenoxy) is 2. The van der Waals surface area contributed by atoms with Gasteiger partial charge in [-0.05, 0) is 85.5 Å². The number of hydrogen-bond acceptors (Lipinski definition) is 8. The summed E-state index contributed by atoms with van der Waals surface area (Å²) < 4.78 is 12.1. The molecule has 4 aromatic rings. The Morgan fingerprint density at radius 2 is 1.96 bits per heavy atom. The van der Waals surface area contributed by atoms with E-state index in [1.807, 2.05) is 55.5 Å². The Balaban J connectivity index is 1.05. The van der Waals surface area contributed by atoms with Gasteiger partial charge in [-0.2, -0.15) is 5.26 Å². The number of aryl methyl sites for hydroxylation is 1. The molecule has 0 saturated carbocycles. The highest BCUT2D eigenvalue weighted by atomic mass is 32.2. The molecule has 2 unspecified atom stereocenters. The number of pyridine rings is 1. The van der Waals surface area contributed by atoms with Crippen LogP contribution >= 0.6 is 11.8 Å². The van der Waals surface area contributed by atoms with Crippen molar-refractivity contribution in [3.63, 3.8) is 0 Å². The Morgan fingerprint density at radius 1 is 1.12 bits per heavy atom. The lowest BCUT2D eigenvalue weighted by Crippen LogP contribution is -2.53. The van der Waals surface area contributed by atoms with Gasteiger partial charge in [0.25, 0.3) is 0 Å². The summed E-state index contributed by atoms with van der Waals surface area (Å²) in [6.07, 6.45) is 4.51. The van der Waals surface area contributed by atoms with E-state index in [1.165, 1.54) is 17.8 Å². The fourth-order valence-electron chi connectivity index (χ4n) is 6.59. The number of carbonyl (C=O) groups excluding carboxylic acids is 3. The van der Waals surface area contributed by atoms with Crippen LogP contribution in [0.1, 0.15) is 41.1 Å². The summed E-state index contributed by atoms with van der Waals surface area (Å²) in [6, 6.07) is 23.0. The van der Waals surface area contributed by atoms with Crippen molar-refractivity contribution in [1.82, 2.24) is 20.5 Å². The average molecular weight is 687 g/mol. The molecule has 0 spiro atoms. The number of urea groups is 1. The molecule has 3 aliphatic heterocycles. The standard InChI is InChI=1S/C38H34N6O5S/c1-3-32(45)43-17-7-10-26(21-43)41-36(46)35-34-33-30(15-16-40-37(33)50-35)44(38(47)42-34)29-14-13-28(18-23(29)2)49-27-11-6-8-24(19-27)22-48-31-12-5-4-9-25(31)20-39/h3-6,8-9,11-16,18-19,26,34-35H,1,7,10,17,21-22H2,2H3,(H,41,46)(H,42,47)/t26?,34?,35-/m1/s1. The van der Waals surface area contributed by atoms with Gasteiger partial charge in [0, 0.05) is 30.9 Å². The SMILES string of the molecule is C=CC(=O)N1CCCC(NC(=O)[C@@H]2Sc3nccc4c3C2NC(=O)N4c2ccc(Oc3cccc(COc4ccccc4C#N)c3)cc2C)C1. The highest BCUT2D eigenvalue weighted by molar-refractivity contribution is 8.01. The third kappa shape index (κ3) is 6.47. The number of likely N-dealkylation sites (tertiary alicyclic amines) is 1. The number of thioether (sulfide) groups is 1. The molecule has 50 heavy (non-hydrogen) atoms. The van der Waals surface area contributed by atoms with E-state index in [9.17, 15) is 19.6 Å². The highest BCUT2D eigenvalue weighted by Gasteiger charge is 2.47. The van der Waals surface area contributed by atoms with Crippen LogP contribution in [0.25, 0.3) is 0 Å². The van der Waals surface area contributed by atoms with Gasteiger partial charge < -0.3 is 25.0 Å². The Bertz CT molecular complexity index is 2050. The van der Waals surface area contributed by atoms with E-state index < -0.39 is 11.3 Å². The molecule has 0 bridgehead atoms. The zero-order valence-electron chi connectivity index (χ0n) is 27.3. The number of aromatic nitrogens is 1. The van der Waals surface area contributed by atoms with Gasteiger partial charge in [-0.25, -0.2) is 9.78 Å². The number of anilines is 2. The van der Waals surface area contributed by atoms with E-state index in [0.717, 1.165) is 29.5 Å². The first-order valence-corrected chi connectivity index (χ1v) is 17.2. The summed E-state index contributed by atoms with van der Waals surface area (Å²) in [4.78, 5) is 47.4. The zero-order chi connectivity index (χ0) is 34.8. The lowest BCUT2D eigenvalue weighted by molar-refractivity contribution is -0.129. The summed E-state index contributed by atoms with van der Waals surface area (Å²) >= 11 is 1.34. The molecule has 1 fully saturated rings. The second kappa shape index (κ2) is 14.0. The Hall–Kier alpha value is -5.80. The smallest absolute Gasteiger partial charge is 0.327 e. The third-order valence-electron chi connectivity index (χ3n) is 8.96. The molecule has 3 atom stereocenters. The molecule has 12 heteroatoms. The molecule has 0 radical (unpaired) electrons. The minimum atomic E-state index is -0.602. The summed E-state index contributed by atoms with van der Waals surface area (Å²) in [6.45, 7) is 6.82. The molecular weight excluding hydrogens is 653 g/mol. The fourth-order valence-corrected chi connectivity index (χ4v) is 7.83. The number of benzene rings is 3. The van der Waals surface area contributed by atoms with Gasteiger partial charge >= 0.3 is 6.03 Å². The average Bonchev–Trinajstić information content (AvgIpc) is 3.50. The van der Waals surface area contributed by atoms with Crippen LogP contribution in [0, 0.1) is 18.3 Å². The molecule has 0 aliphatic carbocycles. The molecule has 1 aromatic heterocycles. The lowest BCUT2D eigenvalue weighted by atomic mass is 9.98. The van der Waals surface area contributed by atoms with Crippen molar-refractivity contribution in [2.45, 2.75) is 48.7 Å². The number of para-hydroxylation sites is 1. The van der Waals surface area contributed by atoms with Gasteiger partial charge in [0.1, 0.15) is 40.2 Å². The summed E-state index contributed by atoms with van der Waals surface area (Å²) in [7, 11) is 0. The lowest BCUT2D eigenvalue weighted by Gasteiger charge is -2.36. The molecule has 252 valence electrons. The minimum Gasteiger partial charge on any atom is -0.488 e. The topological polar surface area (TPSA) is 137 Å². The maximum atomic E-state index is 13.8. The second-order valence-electron chi connectivity index (χ2n) is 12.3. The van der Waals surface area contributed by atoms with Crippen LogP contribution in [0.2, 0.25) is 0 Å². The largest absolute Gasteiger partial charge is 0.488 e. The van der Waals surface area contributed by atoms with Crippen molar-refractivity contribution in [3.05, 3.63) is 114 Å². The molecule has 4 amide bonds. The van der Waals surface area contributed by atoms with Gasteiger partial charge in [-0.15, -0.1) is 0 Å². The fraction of sp³-hybridized carbons (Fsp3) is 0.237. The first-order valence-electron chi connectivity index (χ1n) is 16.3. The van der Waals surface area contributed by atoms with Crippen molar-refractivity contribution >= 4 is 41.0 Å². The highest BCUT2D eigenvalue weighted by Crippen LogP contribution is 2.51. The van der Waals surface area contributed by atoms with E-state index in [1.54, 1.807) is 40.3 Å². The molecule has 1 saturated heterocycles. The van der Waals surface area contributed by atoms with Gasteiger partial charge in [0.2, 0.25) is 11.8 Å². The number of nitrogens with zero attached hydrogens (tertiary/aromatic N) is 4. The number of hydrogen-bond donors (Lipinski definition) is 2. The number of piperidine rings is 1. The van der Waals surface area contributed by atoms with Crippen molar-refractivity contribution in [2.24, 2.45) is 0 Å². The number of amides is 4. The van der Waals surface area contributed by atoms with Gasteiger partial charge in [0.15, 0.2) is 0 Å². The molecule has 3 aliphatic rings. The summed E-state index contributed by atoms with van der Waals surface area (Å²) in [5.41, 5.74) is 4.31. The predicted molar refractivity (Wildman–Crippen MR) is 188 cm³/mol. The van der Waals surface area contributed by atoms with E-state index >= 15 is 0 Å². The maximum absolute atomic E-state index is 13.8. The maximum Gasteiger partial charge on any atom is 0.327 e. The van der Waals surface area contributed by atoms with Crippen molar-refractivity contribution < 1.29 is 23.9 Å². The van der Waals surface area contributed by atoms with Gasteiger partial charge in [-0.1, -0.05) is 42.6 Å². The van der Waals surface area contributed by atoms with Crippen LogP contribution in [0.3, 0.4) is 0 Å². The predicted octanol–water partition coefficient (Wildman–Crippen LogP) is 6.30. The number of nitriles is 1. The van der Waals surface area contributed by atoms with Gasteiger partial charge in [-0.3, -0.25) is 14.5 Å². The number of rotatable bonds is 9.